The summed E-state index contributed by atoms with van der Waals surface area (Å²) in [7, 11) is 0. The van der Waals surface area contributed by atoms with Crippen molar-refractivity contribution in [2.45, 2.75) is 19.5 Å². The maximum Gasteiger partial charge on any atom is 0.321 e. The van der Waals surface area contributed by atoms with Gasteiger partial charge in [-0.15, -0.1) is 11.3 Å². The molecule has 0 radical (unpaired) electrons. The fourth-order valence-corrected chi connectivity index (χ4v) is 5.03. The Morgan fingerprint density at radius 2 is 2.00 bits per heavy atom. The number of nitrogens with zero attached hydrogens (tertiary/aromatic N) is 3. The number of nitrogens with one attached hydrogen (secondary N) is 2. The van der Waals surface area contributed by atoms with Crippen molar-refractivity contribution in [3.63, 3.8) is 0 Å². The SMILES string of the molecule is O=C(Nc1nc2c(s1)CN(Cc1ccccc1)CC2)c1cccc(N2CCNC2=O)c1. The number of fused-ring (bicyclic) bond motifs is 1. The van der Waals surface area contributed by atoms with Gasteiger partial charge in [-0.25, -0.2) is 9.78 Å². The molecule has 31 heavy (non-hydrogen) atoms. The summed E-state index contributed by atoms with van der Waals surface area (Å²) in [6.45, 7) is 3.93. The minimum absolute atomic E-state index is 0.134. The van der Waals surface area contributed by atoms with Crippen LogP contribution in [0.4, 0.5) is 15.6 Å². The lowest BCUT2D eigenvalue weighted by molar-refractivity contribution is 0.102. The molecule has 1 fully saturated rings. The van der Waals surface area contributed by atoms with Crippen molar-refractivity contribution in [1.82, 2.24) is 15.2 Å². The van der Waals surface area contributed by atoms with Gasteiger partial charge in [0.2, 0.25) is 0 Å². The van der Waals surface area contributed by atoms with E-state index in [1.807, 2.05) is 12.1 Å². The Hall–Kier alpha value is -3.23. The van der Waals surface area contributed by atoms with E-state index in [2.05, 4.69) is 44.8 Å². The molecule has 1 aromatic heterocycles. The number of urea groups is 1. The van der Waals surface area contributed by atoms with E-state index in [0.29, 0.717) is 23.8 Å². The van der Waals surface area contributed by atoms with Crippen LogP contribution in [-0.4, -0.2) is 41.5 Å². The fourth-order valence-electron chi connectivity index (χ4n) is 3.98. The highest BCUT2D eigenvalue weighted by Crippen LogP contribution is 2.29. The molecule has 8 heteroatoms. The summed E-state index contributed by atoms with van der Waals surface area (Å²) >= 11 is 1.54. The fraction of sp³-hybridized carbons (Fsp3) is 0.261. The van der Waals surface area contributed by atoms with Crippen LogP contribution in [0.25, 0.3) is 0 Å². The van der Waals surface area contributed by atoms with E-state index in [1.54, 1.807) is 34.4 Å². The molecule has 2 aromatic carbocycles. The van der Waals surface area contributed by atoms with Gasteiger partial charge in [0.05, 0.1) is 5.69 Å². The topological polar surface area (TPSA) is 77.6 Å². The molecular weight excluding hydrogens is 410 g/mol. The second-order valence-electron chi connectivity index (χ2n) is 7.72. The van der Waals surface area contributed by atoms with E-state index in [4.69, 9.17) is 0 Å². The summed E-state index contributed by atoms with van der Waals surface area (Å²) < 4.78 is 0. The van der Waals surface area contributed by atoms with E-state index in [0.717, 1.165) is 37.4 Å². The Balaban J connectivity index is 1.26. The van der Waals surface area contributed by atoms with E-state index in [1.165, 1.54) is 10.4 Å². The molecule has 3 amide bonds. The van der Waals surface area contributed by atoms with Gasteiger partial charge in [0.15, 0.2) is 5.13 Å². The molecule has 158 valence electrons. The molecule has 3 heterocycles. The first kappa shape index (κ1) is 19.7. The minimum atomic E-state index is -0.214. The van der Waals surface area contributed by atoms with Crippen LogP contribution in [0, 0.1) is 0 Å². The number of rotatable bonds is 5. The van der Waals surface area contributed by atoms with Crippen molar-refractivity contribution < 1.29 is 9.59 Å². The average Bonchev–Trinajstić information content (AvgIpc) is 3.39. The lowest BCUT2D eigenvalue weighted by Gasteiger charge is -2.25. The van der Waals surface area contributed by atoms with Crippen LogP contribution in [0.1, 0.15) is 26.5 Å². The zero-order valence-corrected chi connectivity index (χ0v) is 17.8. The van der Waals surface area contributed by atoms with E-state index in [-0.39, 0.29) is 11.9 Å². The van der Waals surface area contributed by atoms with E-state index >= 15 is 0 Å². The number of carbonyl (C=O) groups is 2. The number of anilines is 2. The summed E-state index contributed by atoms with van der Waals surface area (Å²) in [6, 6.07) is 17.5. The highest BCUT2D eigenvalue weighted by molar-refractivity contribution is 7.15. The molecule has 0 bridgehead atoms. The van der Waals surface area contributed by atoms with Crippen LogP contribution in [0.3, 0.4) is 0 Å². The van der Waals surface area contributed by atoms with Crippen molar-refractivity contribution in [2.75, 3.05) is 29.9 Å². The number of thiazole rings is 1. The molecule has 2 N–H and O–H groups in total. The maximum absolute atomic E-state index is 12.8. The van der Waals surface area contributed by atoms with Gasteiger partial charge in [-0.1, -0.05) is 36.4 Å². The quantitative estimate of drug-likeness (QED) is 0.646. The highest BCUT2D eigenvalue weighted by atomic mass is 32.1. The van der Waals surface area contributed by atoms with Gasteiger partial charge in [-0.05, 0) is 23.8 Å². The first-order valence-electron chi connectivity index (χ1n) is 10.4. The standard InChI is InChI=1S/C23H23N5O2S/c29-21(17-7-4-8-18(13-17)28-12-10-24-23(28)30)26-22-25-19-9-11-27(15-20(19)31-22)14-16-5-2-1-3-6-16/h1-8,13H,9-12,14-15H2,(H,24,30)(H,25,26,29). The van der Waals surface area contributed by atoms with Crippen LogP contribution in [-0.2, 0) is 19.5 Å². The van der Waals surface area contributed by atoms with Crippen molar-refractivity contribution in [3.05, 3.63) is 76.3 Å². The molecule has 2 aliphatic rings. The summed E-state index contributed by atoms with van der Waals surface area (Å²) in [6.07, 6.45) is 0.883. The minimum Gasteiger partial charge on any atom is -0.336 e. The molecule has 1 saturated heterocycles. The van der Waals surface area contributed by atoms with Gasteiger partial charge in [0.25, 0.3) is 5.91 Å². The van der Waals surface area contributed by atoms with Gasteiger partial charge in [-0.3, -0.25) is 19.9 Å². The van der Waals surface area contributed by atoms with E-state index in [9.17, 15) is 9.59 Å². The average molecular weight is 434 g/mol. The zero-order valence-electron chi connectivity index (χ0n) is 17.0. The number of aromatic nitrogens is 1. The zero-order chi connectivity index (χ0) is 21.2. The smallest absolute Gasteiger partial charge is 0.321 e. The normalized spacial score (nSPS) is 16.1. The Morgan fingerprint density at radius 1 is 1.13 bits per heavy atom. The van der Waals surface area contributed by atoms with Crippen molar-refractivity contribution in [2.24, 2.45) is 0 Å². The van der Waals surface area contributed by atoms with Crippen molar-refractivity contribution in [1.29, 1.82) is 0 Å². The molecular formula is C23H23N5O2S. The number of benzene rings is 2. The third kappa shape index (κ3) is 4.30. The van der Waals surface area contributed by atoms with Crippen LogP contribution in [0.15, 0.2) is 54.6 Å². The third-order valence-corrected chi connectivity index (χ3v) is 6.55. The second-order valence-corrected chi connectivity index (χ2v) is 8.81. The summed E-state index contributed by atoms with van der Waals surface area (Å²) in [5.41, 5.74) is 3.61. The Bertz CT molecular complexity index is 1110. The third-order valence-electron chi connectivity index (χ3n) is 5.56. The summed E-state index contributed by atoms with van der Waals surface area (Å²) in [5.74, 6) is -0.214. The summed E-state index contributed by atoms with van der Waals surface area (Å²) in [5, 5.41) is 6.34. The molecule has 2 aliphatic heterocycles. The molecule has 3 aromatic rings. The van der Waals surface area contributed by atoms with Crippen LogP contribution in [0.2, 0.25) is 0 Å². The van der Waals surface area contributed by atoms with Crippen LogP contribution >= 0.6 is 11.3 Å². The lowest BCUT2D eigenvalue weighted by atomic mass is 10.1. The maximum atomic E-state index is 12.8. The van der Waals surface area contributed by atoms with Crippen molar-refractivity contribution in [3.8, 4) is 0 Å². The highest BCUT2D eigenvalue weighted by Gasteiger charge is 2.23. The Labute approximate surface area is 184 Å². The van der Waals surface area contributed by atoms with Gasteiger partial charge >= 0.3 is 6.03 Å². The number of amides is 3. The van der Waals surface area contributed by atoms with Crippen LogP contribution in [0.5, 0.6) is 0 Å². The number of carbonyl (C=O) groups excluding carboxylic acids is 2. The predicted octanol–water partition coefficient (Wildman–Crippen LogP) is 3.48. The molecule has 5 rings (SSSR count). The van der Waals surface area contributed by atoms with Crippen molar-refractivity contribution >= 4 is 34.1 Å². The Kier molecular flexibility index (Phi) is 5.40. The van der Waals surface area contributed by atoms with Gasteiger partial charge in [-0.2, -0.15) is 0 Å². The number of hydrogen-bond donors (Lipinski definition) is 2. The molecule has 0 aliphatic carbocycles. The second kappa shape index (κ2) is 8.49. The largest absolute Gasteiger partial charge is 0.336 e. The van der Waals surface area contributed by atoms with E-state index < -0.39 is 0 Å². The molecule has 0 atom stereocenters. The first-order valence-corrected chi connectivity index (χ1v) is 11.2. The molecule has 7 nitrogen and oxygen atoms in total. The molecule has 0 spiro atoms. The predicted molar refractivity (Wildman–Crippen MR) is 122 cm³/mol. The number of hydrogen-bond acceptors (Lipinski definition) is 5. The van der Waals surface area contributed by atoms with Crippen LogP contribution < -0.4 is 15.5 Å². The van der Waals surface area contributed by atoms with Gasteiger partial charge in [0, 0.05) is 55.3 Å². The first-order chi connectivity index (χ1) is 15.2. The van der Waals surface area contributed by atoms with Gasteiger partial charge < -0.3 is 5.32 Å². The monoisotopic (exact) mass is 433 g/mol. The summed E-state index contributed by atoms with van der Waals surface area (Å²) in [4.78, 5) is 34.6. The molecule has 0 saturated carbocycles. The van der Waals surface area contributed by atoms with Gasteiger partial charge in [0.1, 0.15) is 0 Å². The lowest BCUT2D eigenvalue weighted by Crippen LogP contribution is -2.29. The molecule has 0 unspecified atom stereocenters. The Morgan fingerprint density at radius 3 is 2.81 bits per heavy atom.